The number of amides is 1. The molecule has 0 saturated carbocycles. The smallest absolute Gasteiger partial charge is 0.274 e. The highest BCUT2D eigenvalue weighted by Gasteiger charge is 2.27. The number of aromatic nitrogens is 4. The predicted molar refractivity (Wildman–Crippen MR) is 130 cm³/mol. The number of hydrogen-bond acceptors (Lipinski definition) is 4. The summed E-state index contributed by atoms with van der Waals surface area (Å²) in [5, 5.41) is 6.51. The fraction of sp³-hybridized carbons (Fsp3) is 0.308. The number of carbonyl (C=O) groups is 1. The van der Waals surface area contributed by atoms with Crippen LogP contribution in [0.3, 0.4) is 0 Å². The third-order valence-corrected chi connectivity index (χ3v) is 6.52. The molecule has 0 spiro atoms. The van der Waals surface area contributed by atoms with Crippen molar-refractivity contribution in [1.29, 1.82) is 0 Å². The number of hydrogen-bond donors (Lipinski definition) is 0. The number of nitrogens with zero attached hydrogens (tertiary/aromatic N) is 5. The topological polar surface area (TPSA) is 63.9 Å². The lowest BCUT2D eigenvalue weighted by Gasteiger charge is -2.16. The molecule has 33 heavy (non-hydrogen) atoms. The molecular weight excluding hydrogens is 434 g/mol. The van der Waals surface area contributed by atoms with Crippen LogP contribution < -0.4 is 0 Å². The molecule has 0 aliphatic heterocycles. The summed E-state index contributed by atoms with van der Waals surface area (Å²) >= 11 is 6.09. The largest absolute Gasteiger partial charge is 0.333 e. The van der Waals surface area contributed by atoms with Crippen molar-refractivity contribution in [3.8, 4) is 5.69 Å². The zero-order valence-electron chi connectivity index (χ0n) is 18.9. The van der Waals surface area contributed by atoms with E-state index in [4.69, 9.17) is 16.7 Å². The van der Waals surface area contributed by atoms with Crippen molar-refractivity contribution in [1.82, 2.24) is 24.6 Å². The first-order valence-corrected chi connectivity index (χ1v) is 11.7. The van der Waals surface area contributed by atoms with Gasteiger partial charge in [0.05, 0.1) is 17.7 Å². The Morgan fingerprint density at radius 3 is 2.61 bits per heavy atom. The van der Waals surface area contributed by atoms with Gasteiger partial charge in [0.25, 0.3) is 5.91 Å². The van der Waals surface area contributed by atoms with Crippen molar-refractivity contribution in [3.63, 3.8) is 0 Å². The van der Waals surface area contributed by atoms with E-state index in [-0.39, 0.29) is 5.91 Å². The first kappa shape index (κ1) is 21.6. The minimum atomic E-state index is -0.102. The van der Waals surface area contributed by atoms with E-state index >= 15 is 0 Å². The second-order valence-corrected chi connectivity index (χ2v) is 9.06. The molecule has 5 rings (SSSR count). The van der Waals surface area contributed by atoms with Crippen molar-refractivity contribution in [2.75, 3.05) is 7.05 Å². The van der Waals surface area contributed by atoms with Gasteiger partial charge >= 0.3 is 0 Å². The molecule has 2 aromatic heterocycles. The van der Waals surface area contributed by atoms with Crippen LogP contribution in [-0.4, -0.2) is 37.6 Å². The van der Waals surface area contributed by atoms with Crippen LogP contribution in [0.4, 0.5) is 0 Å². The van der Waals surface area contributed by atoms with Crippen molar-refractivity contribution < 1.29 is 4.79 Å². The highest BCUT2D eigenvalue weighted by Crippen LogP contribution is 2.28. The Hall–Kier alpha value is -3.25. The molecule has 0 radical (unpaired) electrons. The normalized spacial score (nSPS) is 13.5. The number of halogens is 1. The Morgan fingerprint density at radius 2 is 1.79 bits per heavy atom. The van der Waals surface area contributed by atoms with E-state index in [1.54, 1.807) is 11.9 Å². The van der Waals surface area contributed by atoms with Gasteiger partial charge in [0.15, 0.2) is 5.69 Å². The molecule has 168 valence electrons. The maximum absolute atomic E-state index is 13.6. The third-order valence-electron chi connectivity index (χ3n) is 6.27. The summed E-state index contributed by atoms with van der Waals surface area (Å²) in [6, 6.07) is 15.5. The lowest BCUT2D eigenvalue weighted by Crippen LogP contribution is -2.28. The molecule has 1 aliphatic carbocycles. The molecule has 0 unspecified atom stereocenters. The summed E-state index contributed by atoms with van der Waals surface area (Å²) < 4.78 is 1.93. The fourth-order valence-corrected chi connectivity index (χ4v) is 4.70. The molecule has 4 aromatic rings. The summed E-state index contributed by atoms with van der Waals surface area (Å²) in [5.74, 6) is 0.528. The molecule has 6 nitrogen and oxygen atoms in total. The van der Waals surface area contributed by atoms with Crippen molar-refractivity contribution in [2.45, 2.75) is 45.6 Å². The van der Waals surface area contributed by atoms with Crippen molar-refractivity contribution in [2.24, 2.45) is 0 Å². The van der Waals surface area contributed by atoms with E-state index < -0.39 is 0 Å². The van der Waals surface area contributed by atoms with Crippen LogP contribution in [0.2, 0.25) is 5.02 Å². The molecular formula is C26H26ClN5O. The van der Waals surface area contributed by atoms with Gasteiger partial charge in [-0.3, -0.25) is 4.79 Å². The molecule has 0 saturated heterocycles. The van der Waals surface area contributed by atoms with Gasteiger partial charge in [-0.1, -0.05) is 36.2 Å². The highest BCUT2D eigenvalue weighted by molar-refractivity contribution is 6.30. The molecule has 7 heteroatoms. The highest BCUT2D eigenvalue weighted by atomic mass is 35.5. The van der Waals surface area contributed by atoms with Gasteiger partial charge < -0.3 is 4.90 Å². The lowest BCUT2D eigenvalue weighted by molar-refractivity contribution is 0.0774. The molecule has 0 bridgehead atoms. The monoisotopic (exact) mass is 459 g/mol. The van der Waals surface area contributed by atoms with Gasteiger partial charge in [0, 0.05) is 34.4 Å². The van der Waals surface area contributed by atoms with Crippen molar-refractivity contribution >= 4 is 28.4 Å². The minimum absolute atomic E-state index is 0.102. The number of para-hydroxylation sites is 1. The fourth-order valence-electron chi connectivity index (χ4n) is 4.57. The zero-order valence-corrected chi connectivity index (χ0v) is 19.6. The van der Waals surface area contributed by atoms with E-state index in [9.17, 15) is 4.79 Å². The Bertz CT molecular complexity index is 1330. The number of rotatable bonds is 4. The minimum Gasteiger partial charge on any atom is -0.333 e. The van der Waals surface area contributed by atoms with E-state index in [1.807, 2.05) is 60.1 Å². The van der Waals surface area contributed by atoms with Crippen LogP contribution in [-0.2, 0) is 19.4 Å². The first-order valence-electron chi connectivity index (χ1n) is 11.4. The third kappa shape index (κ3) is 4.23. The molecule has 2 aromatic carbocycles. The van der Waals surface area contributed by atoms with Crippen LogP contribution in [0.15, 0.2) is 48.5 Å². The van der Waals surface area contributed by atoms with Gasteiger partial charge in [-0.05, 0) is 62.9 Å². The molecule has 1 aliphatic rings. The predicted octanol–water partition coefficient (Wildman–Crippen LogP) is 5.32. The molecule has 0 N–H and O–H groups in total. The number of fused-ring (bicyclic) bond motifs is 2. The standard InChI is InChI=1S/C26H26ClN5O/c1-17-20-8-6-7-10-22(20)29-24(28-17)16-31(2)26(33)25-21-9-4-3-5-11-23(21)32(30-25)19-14-12-18(27)13-15-19/h6-8,10,12-15H,3-5,9,11,16H2,1-2H3. The number of carbonyl (C=O) groups excluding carboxylic acids is 1. The summed E-state index contributed by atoms with van der Waals surface area (Å²) in [4.78, 5) is 24.5. The van der Waals surface area contributed by atoms with Crippen LogP contribution in [0.25, 0.3) is 16.6 Å². The van der Waals surface area contributed by atoms with Crippen LogP contribution >= 0.6 is 11.6 Å². The summed E-state index contributed by atoms with van der Waals surface area (Å²) in [6.07, 6.45) is 5.09. The second kappa shape index (κ2) is 8.94. The Balaban J connectivity index is 1.48. The second-order valence-electron chi connectivity index (χ2n) is 8.63. The maximum Gasteiger partial charge on any atom is 0.274 e. The molecule has 0 atom stereocenters. The van der Waals surface area contributed by atoms with Gasteiger partial charge in [-0.25, -0.2) is 14.6 Å². The van der Waals surface area contributed by atoms with Crippen LogP contribution in [0.1, 0.15) is 52.5 Å². The Labute approximate surface area is 198 Å². The van der Waals surface area contributed by atoms with Gasteiger partial charge in [-0.2, -0.15) is 5.10 Å². The van der Waals surface area contributed by atoms with Gasteiger partial charge in [-0.15, -0.1) is 0 Å². The Kier molecular flexibility index (Phi) is 5.85. The molecule has 0 fully saturated rings. The van der Waals surface area contributed by atoms with Crippen LogP contribution in [0.5, 0.6) is 0 Å². The van der Waals surface area contributed by atoms with E-state index in [0.717, 1.165) is 65.6 Å². The van der Waals surface area contributed by atoms with Crippen molar-refractivity contribution in [3.05, 3.63) is 82.0 Å². The number of aryl methyl sites for hydroxylation is 1. The summed E-state index contributed by atoms with van der Waals surface area (Å²) in [5.41, 5.74) is 5.45. The SMILES string of the molecule is Cc1nc(CN(C)C(=O)c2nn(-c3ccc(Cl)cc3)c3c2CCCCC3)nc2ccccc12. The lowest BCUT2D eigenvalue weighted by atomic mass is 10.1. The quantitative estimate of drug-likeness (QED) is 0.387. The van der Waals surface area contributed by atoms with E-state index in [2.05, 4.69) is 9.97 Å². The number of benzene rings is 2. The van der Waals surface area contributed by atoms with Gasteiger partial charge in [0.1, 0.15) is 5.82 Å². The zero-order chi connectivity index (χ0) is 22.9. The molecule has 2 heterocycles. The molecule has 1 amide bonds. The Morgan fingerprint density at radius 1 is 1.03 bits per heavy atom. The average molecular weight is 460 g/mol. The van der Waals surface area contributed by atoms with Crippen LogP contribution in [0, 0.1) is 6.92 Å². The van der Waals surface area contributed by atoms with E-state index in [0.29, 0.717) is 23.1 Å². The maximum atomic E-state index is 13.6. The first-order chi connectivity index (χ1) is 16.0. The average Bonchev–Trinajstić information content (AvgIpc) is 2.99. The summed E-state index contributed by atoms with van der Waals surface area (Å²) in [6.45, 7) is 2.30. The summed E-state index contributed by atoms with van der Waals surface area (Å²) in [7, 11) is 1.79. The van der Waals surface area contributed by atoms with Gasteiger partial charge in [0.2, 0.25) is 0 Å². The van der Waals surface area contributed by atoms with E-state index in [1.165, 1.54) is 0 Å².